The van der Waals surface area contributed by atoms with Gasteiger partial charge in [0.05, 0.1) is 11.9 Å². The van der Waals surface area contributed by atoms with E-state index in [0.29, 0.717) is 12.4 Å². The Bertz CT molecular complexity index is 778. The van der Waals surface area contributed by atoms with Crippen LogP contribution in [0.3, 0.4) is 0 Å². The minimum absolute atomic E-state index is 0.285. The van der Waals surface area contributed by atoms with Crippen molar-refractivity contribution in [3.8, 4) is 11.5 Å². The van der Waals surface area contributed by atoms with E-state index in [2.05, 4.69) is 10.9 Å². The van der Waals surface area contributed by atoms with Crippen LogP contribution in [0.5, 0.6) is 11.5 Å². The first-order valence-electron chi connectivity index (χ1n) is 9.11. The molecule has 2 atom stereocenters. The Kier molecular flexibility index (Phi) is 8.19. The second-order valence-corrected chi connectivity index (χ2v) is 7.63. The number of nitrogens with one attached hydrogen (secondary N) is 2. The highest BCUT2D eigenvalue weighted by molar-refractivity contribution is 8.00. The van der Waals surface area contributed by atoms with Gasteiger partial charge in [-0.1, -0.05) is 17.7 Å². The van der Waals surface area contributed by atoms with Crippen LogP contribution in [-0.2, 0) is 9.59 Å². The van der Waals surface area contributed by atoms with Gasteiger partial charge in [-0.2, -0.15) is 0 Å². The zero-order valence-electron chi connectivity index (χ0n) is 16.5. The number of ether oxygens (including phenoxy) is 2. The summed E-state index contributed by atoms with van der Waals surface area (Å²) in [7, 11) is 0. The van der Waals surface area contributed by atoms with E-state index < -0.39 is 12.0 Å². The fourth-order valence-corrected chi connectivity index (χ4v) is 3.11. The number of carbonyl (C=O) groups is 2. The van der Waals surface area contributed by atoms with Gasteiger partial charge >= 0.3 is 0 Å². The third kappa shape index (κ3) is 6.81. The number of carbonyl (C=O) groups excluding carboxylic acids is 2. The molecule has 2 aromatic carbocycles. The predicted molar refractivity (Wildman–Crippen MR) is 110 cm³/mol. The molecule has 0 saturated heterocycles. The van der Waals surface area contributed by atoms with E-state index in [1.165, 1.54) is 11.8 Å². The first-order chi connectivity index (χ1) is 13.4. The largest absolute Gasteiger partial charge is 0.494 e. The topological polar surface area (TPSA) is 76.7 Å². The molecule has 2 amide bonds. The SMILES string of the molecule is CCOc1ccc(O[C@@H](C)C(=O)NNC(=O)[C@@H](C)Sc2ccc(C)cc2)cc1. The molecular weight excluding hydrogens is 376 g/mol. The molecule has 0 saturated carbocycles. The van der Waals surface area contributed by atoms with Crippen LogP contribution in [0.2, 0.25) is 0 Å². The first kappa shape index (κ1) is 21.6. The van der Waals surface area contributed by atoms with Crippen molar-refractivity contribution in [2.75, 3.05) is 6.61 Å². The van der Waals surface area contributed by atoms with Crippen molar-refractivity contribution in [1.82, 2.24) is 10.9 Å². The van der Waals surface area contributed by atoms with E-state index in [9.17, 15) is 9.59 Å². The Morgan fingerprint density at radius 2 is 1.50 bits per heavy atom. The molecule has 0 radical (unpaired) electrons. The Labute approximate surface area is 170 Å². The molecule has 28 heavy (non-hydrogen) atoms. The fourth-order valence-electron chi connectivity index (χ4n) is 2.24. The van der Waals surface area contributed by atoms with Crippen LogP contribution in [0, 0.1) is 6.92 Å². The lowest BCUT2D eigenvalue weighted by molar-refractivity contribution is -0.132. The quantitative estimate of drug-likeness (QED) is 0.522. The highest BCUT2D eigenvalue weighted by Gasteiger charge is 2.18. The van der Waals surface area contributed by atoms with Crippen molar-refractivity contribution < 1.29 is 19.1 Å². The normalized spacial score (nSPS) is 12.6. The smallest absolute Gasteiger partial charge is 0.279 e. The van der Waals surface area contributed by atoms with Gasteiger partial charge in [0.2, 0.25) is 0 Å². The molecule has 2 N–H and O–H groups in total. The van der Waals surface area contributed by atoms with Gasteiger partial charge in [-0.25, -0.2) is 0 Å². The van der Waals surface area contributed by atoms with Gasteiger partial charge in [0.25, 0.3) is 11.8 Å². The number of thioether (sulfide) groups is 1. The number of hydrogen-bond donors (Lipinski definition) is 2. The van der Waals surface area contributed by atoms with Gasteiger partial charge in [0, 0.05) is 4.90 Å². The average Bonchev–Trinajstić information content (AvgIpc) is 2.69. The van der Waals surface area contributed by atoms with Gasteiger partial charge in [-0.05, 0) is 64.1 Å². The van der Waals surface area contributed by atoms with E-state index in [-0.39, 0.29) is 11.2 Å². The van der Waals surface area contributed by atoms with Crippen LogP contribution < -0.4 is 20.3 Å². The number of benzene rings is 2. The number of aryl methyl sites for hydroxylation is 1. The van der Waals surface area contributed by atoms with Crippen LogP contribution >= 0.6 is 11.8 Å². The number of hydrogen-bond acceptors (Lipinski definition) is 5. The van der Waals surface area contributed by atoms with E-state index in [4.69, 9.17) is 9.47 Å². The second-order valence-electron chi connectivity index (χ2n) is 6.22. The lowest BCUT2D eigenvalue weighted by Crippen LogP contribution is -2.49. The van der Waals surface area contributed by atoms with Gasteiger partial charge in [0.1, 0.15) is 11.5 Å². The predicted octanol–water partition coefficient (Wildman–Crippen LogP) is 3.49. The summed E-state index contributed by atoms with van der Waals surface area (Å²) < 4.78 is 10.9. The molecule has 0 unspecified atom stereocenters. The molecule has 0 bridgehead atoms. The Morgan fingerprint density at radius 1 is 0.929 bits per heavy atom. The van der Waals surface area contributed by atoms with Crippen molar-refractivity contribution in [1.29, 1.82) is 0 Å². The van der Waals surface area contributed by atoms with E-state index >= 15 is 0 Å². The standard InChI is InChI=1S/C21H26N2O4S/c1-5-26-17-8-10-18(11-9-17)27-15(3)20(24)22-23-21(25)16(4)28-19-12-6-14(2)7-13-19/h6-13,15-16H,5H2,1-4H3,(H,22,24)(H,23,25)/t15-,16+/m0/s1. The molecule has 0 fully saturated rings. The zero-order valence-corrected chi connectivity index (χ0v) is 17.3. The maximum Gasteiger partial charge on any atom is 0.279 e. The summed E-state index contributed by atoms with van der Waals surface area (Å²) in [6, 6.07) is 14.9. The van der Waals surface area contributed by atoms with Crippen molar-refractivity contribution >= 4 is 23.6 Å². The summed E-state index contributed by atoms with van der Waals surface area (Å²) >= 11 is 1.42. The van der Waals surface area contributed by atoms with Crippen LogP contribution in [-0.4, -0.2) is 29.8 Å². The van der Waals surface area contributed by atoms with Crippen molar-refractivity contribution in [2.45, 2.75) is 43.9 Å². The Hall–Kier alpha value is -2.67. The van der Waals surface area contributed by atoms with Crippen LogP contribution in [0.25, 0.3) is 0 Å². The highest BCUT2D eigenvalue weighted by atomic mass is 32.2. The number of amides is 2. The summed E-state index contributed by atoms with van der Waals surface area (Å²) in [5.41, 5.74) is 6.02. The number of hydrazine groups is 1. The molecule has 2 aromatic rings. The Morgan fingerprint density at radius 3 is 2.11 bits per heavy atom. The maximum atomic E-state index is 12.2. The summed E-state index contributed by atoms with van der Waals surface area (Å²) in [4.78, 5) is 25.3. The zero-order chi connectivity index (χ0) is 20.5. The fraction of sp³-hybridized carbons (Fsp3) is 0.333. The summed E-state index contributed by atoms with van der Waals surface area (Å²) in [5.74, 6) is 0.557. The van der Waals surface area contributed by atoms with Crippen molar-refractivity contribution in [3.05, 3.63) is 54.1 Å². The monoisotopic (exact) mass is 402 g/mol. The molecule has 7 heteroatoms. The van der Waals surface area contributed by atoms with Gasteiger partial charge in [-0.3, -0.25) is 20.4 Å². The highest BCUT2D eigenvalue weighted by Crippen LogP contribution is 2.23. The molecule has 0 aliphatic rings. The minimum atomic E-state index is -0.765. The molecule has 6 nitrogen and oxygen atoms in total. The molecule has 0 aliphatic heterocycles. The Balaban J connectivity index is 1.78. The van der Waals surface area contributed by atoms with Gasteiger partial charge < -0.3 is 9.47 Å². The lowest BCUT2D eigenvalue weighted by Gasteiger charge is -2.17. The van der Waals surface area contributed by atoms with E-state index in [1.807, 2.05) is 38.1 Å². The molecular formula is C21H26N2O4S. The summed E-state index contributed by atoms with van der Waals surface area (Å²) in [6.45, 7) is 7.90. The molecule has 0 spiro atoms. The first-order valence-corrected chi connectivity index (χ1v) is 9.99. The van der Waals surface area contributed by atoms with E-state index in [1.54, 1.807) is 38.1 Å². The maximum absolute atomic E-state index is 12.2. The van der Waals surface area contributed by atoms with Gasteiger partial charge in [-0.15, -0.1) is 11.8 Å². The van der Waals surface area contributed by atoms with Crippen LogP contribution in [0.1, 0.15) is 26.3 Å². The summed E-state index contributed by atoms with van der Waals surface area (Å²) in [6.07, 6.45) is -0.765. The van der Waals surface area contributed by atoms with Crippen LogP contribution in [0.15, 0.2) is 53.4 Å². The van der Waals surface area contributed by atoms with Crippen molar-refractivity contribution in [3.63, 3.8) is 0 Å². The summed E-state index contributed by atoms with van der Waals surface area (Å²) in [5, 5.41) is -0.356. The molecule has 2 rings (SSSR count). The lowest BCUT2D eigenvalue weighted by atomic mass is 10.2. The molecule has 0 aromatic heterocycles. The van der Waals surface area contributed by atoms with Gasteiger partial charge in [0.15, 0.2) is 6.10 Å². The average molecular weight is 403 g/mol. The third-order valence-corrected chi connectivity index (χ3v) is 4.94. The molecule has 150 valence electrons. The molecule has 0 aliphatic carbocycles. The van der Waals surface area contributed by atoms with Crippen molar-refractivity contribution in [2.24, 2.45) is 0 Å². The van der Waals surface area contributed by atoms with Crippen LogP contribution in [0.4, 0.5) is 0 Å². The minimum Gasteiger partial charge on any atom is -0.494 e. The third-order valence-electron chi connectivity index (χ3n) is 3.83. The second kappa shape index (κ2) is 10.6. The molecule has 0 heterocycles. The van der Waals surface area contributed by atoms with E-state index in [0.717, 1.165) is 16.2 Å². The number of rotatable bonds is 8.